The van der Waals surface area contributed by atoms with E-state index in [1.165, 1.54) is 0 Å². The molecule has 4 aromatic rings. The molecule has 1 unspecified atom stereocenters. The number of aliphatic hydroxyl groups is 1. The van der Waals surface area contributed by atoms with Crippen LogP contribution in [0.5, 0.6) is 0 Å². The molecule has 0 aliphatic carbocycles. The summed E-state index contributed by atoms with van der Waals surface area (Å²) in [6.07, 6.45) is 4.55. The highest BCUT2D eigenvalue weighted by atomic mass is 16.3. The number of aromatic nitrogens is 2. The van der Waals surface area contributed by atoms with Gasteiger partial charge in [0.2, 0.25) is 0 Å². The normalized spacial score (nSPS) is 18.6. The lowest BCUT2D eigenvalue weighted by molar-refractivity contribution is -0.122. The highest BCUT2D eigenvalue weighted by Crippen LogP contribution is 2.40. The Morgan fingerprint density at radius 3 is 2.57 bits per heavy atom. The van der Waals surface area contributed by atoms with E-state index in [9.17, 15) is 14.7 Å². The number of fused-ring (bicyclic) bond motifs is 1. The Morgan fingerprint density at radius 1 is 0.967 bits per heavy atom. The summed E-state index contributed by atoms with van der Waals surface area (Å²) in [4.78, 5) is 29.0. The molecule has 30 heavy (non-hydrogen) atoms. The van der Waals surface area contributed by atoms with Crippen molar-refractivity contribution in [1.29, 1.82) is 0 Å². The van der Waals surface area contributed by atoms with E-state index in [4.69, 9.17) is 0 Å². The molecule has 0 fully saturated rings. The molecule has 6 heteroatoms. The third-order valence-electron chi connectivity index (χ3n) is 6.26. The molecule has 2 aromatic heterocycles. The number of nitrogens with zero attached hydrogens (tertiary/aromatic N) is 1. The molecule has 0 bridgehead atoms. The van der Waals surface area contributed by atoms with Crippen LogP contribution in [0.1, 0.15) is 16.7 Å². The lowest BCUT2D eigenvalue weighted by Crippen LogP contribution is -2.22. The summed E-state index contributed by atoms with van der Waals surface area (Å²) < 4.78 is 2.11. The number of H-pyrrole nitrogens is 1. The Labute approximate surface area is 171 Å². The van der Waals surface area contributed by atoms with Crippen molar-refractivity contribution in [3.63, 3.8) is 0 Å². The predicted octanol–water partition coefficient (Wildman–Crippen LogP) is 2.85. The molecule has 6 nitrogen and oxygen atoms in total. The number of imide groups is 1. The van der Waals surface area contributed by atoms with Crippen LogP contribution in [0.15, 0.2) is 54.9 Å². The van der Waals surface area contributed by atoms with Gasteiger partial charge in [0.1, 0.15) is 0 Å². The van der Waals surface area contributed by atoms with Gasteiger partial charge in [-0.15, -0.1) is 0 Å². The first kappa shape index (κ1) is 17.2. The highest BCUT2D eigenvalue weighted by molar-refractivity contribution is 6.50. The molecule has 6 rings (SSSR count). The number of nitrogens with one attached hydrogen (secondary N) is 2. The number of benzene rings is 2. The van der Waals surface area contributed by atoms with Crippen LogP contribution in [-0.4, -0.2) is 33.1 Å². The second-order valence-electron chi connectivity index (χ2n) is 8.04. The zero-order valence-electron chi connectivity index (χ0n) is 16.1. The third-order valence-corrected chi connectivity index (χ3v) is 6.26. The van der Waals surface area contributed by atoms with E-state index < -0.39 is 0 Å². The lowest BCUT2D eigenvalue weighted by Gasteiger charge is -2.22. The quantitative estimate of drug-likeness (QED) is 0.465. The van der Waals surface area contributed by atoms with Crippen molar-refractivity contribution in [2.24, 2.45) is 5.92 Å². The van der Waals surface area contributed by atoms with Gasteiger partial charge >= 0.3 is 0 Å². The zero-order valence-corrected chi connectivity index (χ0v) is 16.1. The Hall–Kier alpha value is -3.64. The van der Waals surface area contributed by atoms with Crippen molar-refractivity contribution in [1.82, 2.24) is 14.9 Å². The van der Waals surface area contributed by atoms with Crippen molar-refractivity contribution >= 4 is 44.8 Å². The fourth-order valence-electron chi connectivity index (χ4n) is 4.97. The molecule has 1 atom stereocenters. The fourth-order valence-corrected chi connectivity index (χ4v) is 4.97. The van der Waals surface area contributed by atoms with E-state index in [0.29, 0.717) is 17.7 Å². The average molecular weight is 397 g/mol. The number of rotatable bonds is 3. The molecule has 4 heterocycles. The molecule has 0 saturated carbocycles. The maximum absolute atomic E-state index is 12.9. The Bertz CT molecular complexity index is 1410. The molecule has 2 aliphatic heterocycles. The van der Waals surface area contributed by atoms with Crippen LogP contribution in [-0.2, 0) is 22.6 Å². The van der Waals surface area contributed by atoms with Gasteiger partial charge in [-0.25, -0.2) is 0 Å². The Balaban J connectivity index is 1.65. The number of hydrogen-bond donors (Lipinski definition) is 3. The molecular weight excluding hydrogens is 378 g/mol. The number of carbonyl (C=O) groups excluding carboxylic acids is 2. The molecule has 3 N–H and O–H groups in total. The first-order chi connectivity index (χ1) is 14.7. The van der Waals surface area contributed by atoms with E-state index in [-0.39, 0.29) is 24.3 Å². The minimum Gasteiger partial charge on any atom is -0.396 e. The van der Waals surface area contributed by atoms with Crippen LogP contribution < -0.4 is 5.32 Å². The number of amides is 2. The van der Waals surface area contributed by atoms with Gasteiger partial charge in [-0.2, -0.15) is 0 Å². The van der Waals surface area contributed by atoms with E-state index >= 15 is 0 Å². The number of aromatic amines is 1. The SMILES string of the molecule is O=C1NC(=O)C(c2cn3c4c(cccc24)CC(CO)C3)=C1c1c[nH]c2ccccc12. The summed E-state index contributed by atoms with van der Waals surface area (Å²) in [5.41, 5.74) is 5.45. The van der Waals surface area contributed by atoms with Crippen molar-refractivity contribution in [3.8, 4) is 0 Å². The third kappa shape index (κ3) is 2.28. The maximum Gasteiger partial charge on any atom is 0.259 e. The topological polar surface area (TPSA) is 87.1 Å². The van der Waals surface area contributed by atoms with Crippen molar-refractivity contribution < 1.29 is 14.7 Å². The van der Waals surface area contributed by atoms with Gasteiger partial charge in [-0.1, -0.05) is 36.4 Å². The van der Waals surface area contributed by atoms with Crippen LogP contribution in [0.4, 0.5) is 0 Å². The molecule has 2 aromatic carbocycles. The minimum atomic E-state index is -0.375. The van der Waals surface area contributed by atoms with Gasteiger partial charge in [0.25, 0.3) is 11.8 Å². The van der Waals surface area contributed by atoms with Crippen LogP contribution in [0, 0.1) is 5.92 Å². The smallest absolute Gasteiger partial charge is 0.259 e. The molecular formula is C24H19N3O3. The summed E-state index contributed by atoms with van der Waals surface area (Å²) in [7, 11) is 0. The zero-order chi connectivity index (χ0) is 20.4. The highest BCUT2D eigenvalue weighted by Gasteiger charge is 2.35. The summed E-state index contributed by atoms with van der Waals surface area (Å²) in [5.74, 6) is -0.605. The fraction of sp³-hybridized carbons (Fsp3) is 0.167. The van der Waals surface area contributed by atoms with Gasteiger partial charge in [-0.3, -0.25) is 14.9 Å². The number of aliphatic hydroxyl groups excluding tert-OH is 1. The van der Waals surface area contributed by atoms with Crippen molar-refractivity contribution in [2.75, 3.05) is 6.61 Å². The Morgan fingerprint density at radius 2 is 1.73 bits per heavy atom. The van der Waals surface area contributed by atoms with Gasteiger partial charge in [0, 0.05) is 58.9 Å². The largest absolute Gasteiger partial charge is 0.396 e. The standard InChI is InChI=1S/C24H19N3O3/c28-12-13-8-14-4-3-6-16-18(11-27(10-13)22(14)16)21-20(23(29)26-24(21)30)17-9-25-19-7-2-1-5-15(17)19/h1-7,9,11,13,25,28H,8,10,12H2,(H,26,29,30). The lowest BCUT2D eigenvalue weighted by atomic mass is 9.93. The molecule has 0 spiro atoms. The van der Waals surface area contributed by atoms with E-state index in [2.05, 4.69) is 20.9 Å². The van der Waals surface area contributed by atoms with Gasteiger partial charge in [0.15, 0.2) is 0 Å². The first-order valence-electron chi connectivity index (χ1n) is 10.0. The summed E-state index contributed by atoms with van der Waals surface area (Å²) >= 11 is 0. The maximum atomic E-state index is 12.9. The van der Waals surface area contributed by atoms with Crippen molar-refractivity contribution in [2.45, 2.75) is 13.0 Å². The van der Waals surface area contributed by atoms with Gasteiger partial charge in [-0.05, 0) is 18.1 Å². The second kappa shape index (κ2) is 6.18. The van der Waals surface area contributed by atoms with Gasteiger partial charge in [0.05, 0.1) is 16.7 Å². The van der Waals surface area contributed by atoms with Crippen LogP contribution >= 0.6 is 0 Å². The molecule has 148 valence electrons. The second-order valence-corrected chi connectivity index (χ2v) is 8.04. The average Bonchev–Trinajstić information content (AvgIpc) is 3.42. The van der Waals surface area contributed by atoms with E-state index in [0.717, 1.165) is 44.9 Å². The van der Waals surface area contributed by atoms with Crippen LogP contribution in [0.25, 0.3) is 33.0 Å². The molecule has 2 amide bonds. The van der Waals surface area contributed by atoms with Crippen LogP contribution in [0.2, 0.25) is 0 Å². The predicted molar refractivity (Wildman–Crippen MR) is 114 cm³/mol. The first-order valence-corrected chi connectivity index (χ1v) is 10.0. The summed E-state index contributed by atoms with van der Waals surface area (Å²) in [6.45, 7) is 0.806. The van der Waals surface area contributed by atoms with Crippen molar-refractivity contribution in [3.05, 3.63) is 71.5 Å². The van der Waals surface area contributed by atoms with E-state index in [1.54, 1.807) is 6.20 Å². The molecule has 0 saturated heterocycles. The number of para-hydroxylation sites is 2. The van der Waals surface area contributed by atoms with Gasteiger partial charge < -0.3 is 14.7 Å². The number of hydrogen-bond acceptors (Lipinski definition) is 3. The molecule has 2 aliphatic rings. The Kier molecular flexibility index (Phi) is 3.55. The monoisotopic (exact) mass is 397 g/mol. The summed E-state index contributed by atoms with van der Waals surface area (Å²) in [6, 6.07) is 13.8. The number of carbonyl (C=O) groups is 2. The van der Waals surface area contributed by atoms with Crippen LogP contribution in [0.3, 0.4) is 0 Å². The summed E-state index contributed by atoms with van der Waals surface area (Å²) in [5, 5.41) is 14.1. The van der Waals surface area contributed by atoms with E-state index in [1.807, 2.05) is 42.6 Å². The minimum absolute atomic E-state index is 0.117. The molecule has 0 radical (unpaired) electrons.